The van der Waals surface area contributed by atoms with Crippen molar-refractivity contribution in [1.29, 1.82) is 0 Å². The maximum Gasteiger partial charge on any atom is 0.216 e. The number of benzene rings is 2. The van der Waals surface area contributed by atoms with Gasteiger partial charge in [-0.05, 0) is 43.4 Å². The second-order valence-corrected chi connectivity index (χ2v) is 7.83. The number of nitrogens with two attached hydrogens (primary N) is 1. The monoisotopic (exact) mass is 372 g/mol. The van der Waals surface area contributed by atoms with Crippen molar-refractivity contribution in [3.8, 4) is 0 Å². The Bertz CT molecular complexity index is 1050. The van der Waals surface area contributed by atoms with Crippen molar-refractivity contribution in [3.63, 3.8) is 0 Å². The third-order valence-electron chi connectivity index (χ3n) is 4.31. The van der Waals surface area contributed by atoms with Crippen LogP contribution in [0.15, 0.2) is 47.4 Å². The van der Waals surface area contributed by atoms with E-state index in [-0.39, 0.29) is 4.90 Å². The molecule has 0 amide bonds. The summed E-state index contributed by atoms with van der Waals surface area (Å²) in [4.78, 5) is -0.0851. The zero-order valence-electron chi connectivity index (χ0n) is 15.7. The van der Waals surface area contributed by atoms with Crippen LogP contribution < -0.4 is 10.5 Å². The molecule has 0 radical (unpaired) electrons. The van der Waals surface area contributed by atoms with E-state index in [0.29, 0.717) is 11.1 Å². The molecule has 0 unspecified atom stereocenters. The van der Waals surface area contributed by atoms with Crippen molar-refractivity contribution in [2.24, 2.45) is 0 Å². The number of nitrogens with zero attached hydrogens (tertiary/aromatic N) is 1. The molecule has 0 aliphatic heterocycles. The Morgan fingerprint density at radius 3 is 2.00 bits per heavy atom. The van der Waals surface area contributed by atoms with Gasteiger partial charge in [0.2, 0.25) is 11.4 Å². The van der Waals surface area contributed by atoms with Crippen LogP contribution in [0.3, 0.4) is 0 Å². The van der Waals surface area contributed by atoms with E-state index in [1.54, 1.807) is 30.7 Å². The fraction of sp³-hybridized carbons (Fsp3) is 0.250. The van der Waals surface area contributed by atoms with E-state index < -0.39 is 10.1 Å². The molecule has 3 rings (SSSR count). The van der Waals surface area contributed by atoms with Crippen molar-refractivity contribution >= 4 is 20.9 Å². The van der Waals surface area contributed by atoms with Crippen LogP contribution in [0.25, 0.3) is 10.8 Å². The molecule has 0 atom stereocenters. The van der Waals surface area contributed by atoms with Gasteiger partial charge in [-0.1, -0.05) is 40.6 Å². The molecule has 0 aliphatic rings. The second-order valence-electron chi connectivity index (χ2n) is 6.51. The molecule has 26 heavy (non-hydrogen) atoms. The number of rotatable bonds is 1. The van der Waals surface area contributed by atoms with Crippen LogP contribution in [0, 0.1) is 34.6 Å². The van der Waals surface area contributed by atoms with Gasteiger partial charge in [0.25, 0.3) is 0 Å². The molecular formula is C20H24N2O3S. The number of aryl methyl sites for hydroxylation is 5. The van der Waals surface area contributed by atoms with Gasteiger partial charge >= 0.3 is 0 Å². The van der Waals surface area contributed by atoms with Crippen LogP contribution >= 0.6 is 0 Å². The van der Waals surface area contributed by atoms with Crippen LogP contribution in [0.1, 0.15) is 28.1 Å². The summed E-state index contributed by atoms with van der Waals surface area (Å²) >= 11 is 0. The van der Waals surface area contributed by atoms with Gasteiger partial charge in [-0.15, -0.1) is 0 Å². The van der Waals surface area contributed by atoms with E-state index in [9.17, 15) is 13.0 Å². The molecule has 1 heterocycles. The zero-order valence-corrected chi connectivity index (χ0v) is 16.5. The maximum absolute atomic E-state index is 10.8. The van der Waals surface area contributed by atoms with E-state index in [2.05, 4.69) is 18.2 Å². The second kappa shape index (κ2) is 7.43. The van der Waals surface area contributed by atoms with E-state index in [0.717, 1.165) is 17.0 Å². The fourth-order valence-corrected chi connectivity index (χ4v) is 4.11. The van der Waals surface area contributed by atoms with Gasteiger partial charge in [-0.2, -0.15) is 0 Å². The Morgan fingerprint density at radius 2 is 1.46 bits per heavy atom. The summed E-state index contributed by atoms with van der Waals surface area (Å²) in [6.07, 6.45) is 0. The van der Waals surface area contributed by atoms with E-state index in [1.165, 1.54) is 10.8 Å². The minimum absolute atomic E-state index is 0.0851. The molecule has 138 valence electrons. The highest BCUT2D eigenvalue weighted by molar-refractivity contribution is 7.85. The predicted molar refractivity (Wildman–Crippen MR) is 102 cm³/mol. The van der Waals surface area contributed by atoms with Crippen molar-refractivity contribution in [2.45, 2.75) is 39.5 Å². The SMILES string of the molecule is Cc1cc(C)c(S(=O)(=O)[O-])c(C)c1.Cc1cc2ccccc2c(C)[n+]1N. The third kappa shape index (κ3) is 4.20. The average molecular weight is 372 g/mol. The van der Waals surface area contributed by atoms with Crippen LogP contribution in [-0.2, 0) is 10.1 Å². The maximum atomic E-state index is 10.8. The van der Waals surface area contributed by atoms with Gasteiger partial charge in [0, 0.05) is 19.9 Å². The highest BCUT2D eigenvalue weighted by Gasteiger charge is 2.11. The predicted octanol–water partition coefficient (Wildman–Crippen LogP) is 2.97. The Kier molecular flexibility index (Phi) is 5.68. The van der Waals surface area contributed by atoms with Crippen LogP contribution in [0.4, 0.5) is 0 Å². The molecule has 3 aromatic rings. The summed E-state index contributed by atoms with van der Waals surface area (Å²) in [5.74, 6) is 5.86. The quantitative estimate of drug-likeness (QED) is 0.404. The van der Waals surface area contributed by atoms with Crippen molar-refractivity contribution in [3.05, 3.63) is 70.5 Å². The Morgan fingerprint density at radius 1 is 0.923 bits per heavy atom. The number of hydrogen-bond donors (Lipinski definition) is 1. The smallest absolute Gasteiger partial charge is 0.216 e. The molecular weight excluding hydrogens is 348 g/mol. The minimum Gasteiger partial charge on any atom is -0.744 e. The van der Waals surface area contributed by atoms with Gasteiger partial charge in [0.1, 0.15) is 10.1 Å². The topological polar surface area (TPSA) is 87.1 Å². The summed E-state index contributed by atoms with van der Waals surface area (Å²) in [6.45, 7) is 9.17. The number of pyridine rings is 1. The largest absolute Gasteiger partial charge is 0.744 e. The lowest BCUT2D eigenvalue weighted by molar-refractivity contribution is -0.650. The molecule has 0 saturated carbocycles. The molecule has 0 bridgehead atoms. The van der Waals surface area contributed by atoms with Gasteiger partial charge in [0.15, 0.2) is 0 Å². The lowest BCUT2D eigenvalue weighted by Gasteiger charge is -2.14. The van der Waals surface area contributed by atoms with E-state index >= 15 is 0 Å². The van der Waals surface area contributed by atoms with Crippen LogP contribution in [0.5, 0.6) is 0 Å². The first kappa shape index (κ1) is 19.9. The van der Waals surface area contributed by atoms with E-state index in [4.69, 9.17) is 5.84 Å². The zero-order chi connectivity index (χ0) is 19.6. The van der Waals surface area contributed by atoms with Crippen LogP contribution in [0.2, 0.25) is 0 Å². The minimum atomic E-state index is -4.33. The standard InChI is InChI=1S/C11H13N2.C9H12O3S/c1-8-7-10-5-3-4-6-11(10)9(2)13(8)12;1-6-4-7(2)9(8(3)5-6)13(10,11)12/h3-7H,12H2,1-2H3;4-5H,1-3H3,(H,10,11,12)/q+1;/p-1. The molecule has 0 spiro atoms. The number of fused-ring (bicyclic) bond motifs is 1. The Balaban J connectivity index is 0.000000187. The summed E-state index contributed by atoms with van der Waals surface area (Å²) in [7, 11) is -4.33. The lowest BCUT2D eigenvalue weighted by atomic mass is 10.1. The molecule has 0 aliphatic carbocycles. The van der Waals surface area contributed by atoms with Gasteiger partial charge in [-0.25, -0.2) is 14.3 Å². The first-order chi connectivity index (χ1) is 12.0. The number of hydrogen-bond acceptors (Lipinski definition) is 4. The molecule has 0 saturated heterocycles. The van der Waals surface area contributed by atoms with Gasteiger partial charge in [-0.3, -0.25) is 0 Å². The first-order valence-corrected chi connectivity index (χ1v) is 9.63. The first-order valence-electron chi connectivity index (χ1n) is 8.22. The highest BCUT2D eigenvalue weighted by atomic mass is 32.2. The van der Waals surface area contributed by atoms with Crippen molar-refractivity contribution in [1.82, 2.24) is 0 Å². The summed E-state index contributed by atoms with van der Waals surface area (Å²) in [6, 6.07) is 13.8. The number of aromatic nitrogens is 1. The number of nitrogen functional groups attached to an aromatic ring is 1. The molecule has 0 fully saturated rings. The average Bonchev–Trinajstić information content (AvgIpc) is 2.51. The Labute approximate surface area is 154 Å². The molecule has 1 aromatic heterocycles. The van der Waals surface area contributed by atoms with Crippen LogP contribution in [-0.4, -0.2) is 13.0 Å². The highest BCUT2D eigenvalue weighted by Crippen LogP contribution is 2.20. The fourth-order valence-electron chi connectivity index (χ4n) is 3.20. The summed E-state index contributed by atoms with van der Waals surface area (Å²) in [5, 5.41) is 2.47. The Hall–Kier alpha value is -2.44. The van der Waals surface area contributed by atoms with Gasteiger partial charge < -0.3 is 4.55 Å². The van der Waals surface area contributed by atoms with Gasteiger partial charge in [0.05, 0.1) is 10.3 Å². The molecule has 2 N–H and O–H groups in total. The molecule has 6 heteroatoms. The lowest BCUT2D eigenvalue weighted by Crippen LogP contribution is -2.49. The normalized spacial score (nSPS) is 11.2. The van der Waals surface area contributed by atoms with Crippen molar-refractivity contribution < 1.29 is 17.6 Å². The molecule has 2 aromatic carbocycles. The van der Waals surface area contributed by atoms with Crippen molar-refractivity contribution in [2.75, 3.05) is 5.84 Å². The third-order valence-corrected chi connectivity index (χ3v) is 5.45. The summed E-state index contributed by atoms with van der Waals surface area (Å²) < 4.78 is 34.2. The molecule has 5 nitrogen and oxygen atoms in total. The van der Waals surface area contributed by atoms with E-state index in [1.807, 2.05) is 32.9 Å². The summed E-state index contributed by atoms with van der Waals surface area (Å²) in [5.41, 5.74) is 4.19.